The van der Waals surface area contributed by atoms with E-state index >= 15 is 0 Å². The van der Waals surface area contributed by atoms with Gasteiger partial charge in [-0.25, -0.2) is 0 Å². The number of rotatable bonds is 1. The number of esters is 1. The van der Waals surface area contributed by atoms with Crippen LogP contribution in [0.4, 0.5) is 0 Å². The third-order valence-electron chi connectivity index (χ3n) is 4.95. The average molecular weight is 224 g/mol. The molecule has 2 nitrogen and oxygen atoms in total. The maximum atomic E-state index is 11.7. The first-order valence-corrected chi connectivity index (χ1v) is 6.52. The van der Waals surface area contributed by atoms with E-state index in [0.717, 1.165) is 18.3 Å². The van der Waals surface area contributed by atoms with Gasteiger partial charge in [0.15, 0.2) is 0 Å². The Balaban J connectivity index is 2.09. The van der Waals surface area contributed by atoms with E-state index in [0.29, 0.717) is 11.3 Å². The Hall–Kier alpha value is -0.530. The number of hydrogen-bond donors (Lipinski definition) is 0. The van der Waals surface area contributed by atoms with E-state index in [1.165, 1.54) is 26.4 Å². The molecule has 92 valence electrons. The molecule has 0 unspecified atom stereocenters. The van der Waals surface area contributed by atoms with E-state index in [9.17, 15) is 4.79 Å². The predicted octanol–water partition coefficient (Wildman–Crippen LogP) is 3.26. The molecule has 2 aliphatic carbocycles. The van der Waals surface area contributed by atoms with Crippen molar-refractivity contribution < 1.29 is 9.53 Å². The van der Waals surface area contributed by atoms with Gasteiger partial charge in [-0.15, -0.1) is 0 Å². The van der Waals surface area contributed by atoms with Crippen LogP contribution in [0.5, 0.6) is 0 Å². The average Bonchev–Trinajstić information content (AvgIpc) is 2.52. The smallest absolute Gasteiger partial charge is 0.308 e. The summed E-state index contributed by atoms with van der Waals surface area (Å²) in [6.07, 6.45) is 4.95. The van der Waals surface area contributed by atoms with Crippen molar-refractivity contribution in [1.82, 2.24) is 0 Å². The fourth-order valence-electron chi connectivity index (χ4n) is 4.01. The first-order chi connectivity index (χ1) is 7.44. The Morgan fingerprint density at radius 3 is 2.69 bits per heavy atom. The topological polar surface area (TPSA) is 26.3 Å². The lowest BCUT2D eigenvalue weighted by Crippen LogP contribution is -2.29. The summed E-state index contributed by atoms with van der Waals surface area (Å²) in [7, 11) is 1.51. The highest BCUT2D eigenvalue weighted by atomic mass is 16.5. The number of hydrogen-bond acceptors (Lipinski definition) is 2. The highest BCUT2D eigenvalue weighted by Gasteiger charge is 2.48. The van der Waals surface area contributed by atoms with Crippen LogP contribution in [0.1, 0.15) is 46.5 Å². The van der Waals surface area contributed by atoms with Crippen LogP contribution in [0.15, 0.2) is 0 Å². The SMILES string of the molecule is COC(=O)[C@H]1C[C@H]2CC(C)(C)CC[C@H]2[C@@H]1C. The highest BCUT2D eigenvalue weighted by molar-refractivity contribution is 5.73. The van der Waals surface area contributed by atoms with E-state index in [4.69, 9.17) is 4.74 Å². The molecule has 0 aromatic heterocycles. The van der Waals surface area contributed by atoms with Gasteiger partial charge in [0, 0.05) is 0 Å². The number of methoxy groups -OCH3 is 1. The second-order valence-electron chi connectivity index (χ2n) is 6.56. The Morgan fingerprint density at radius 1 is 1.38 bits per heavy atom. The van der Waals surface area contributed by atoms with Crippen LogP contribution < -0.4 is 0 Å². The fraction of sp³-hybridized carbons (Fsp3) is 0.929. The molecule has 0 aromatic rings. The molecule has 0 N–H and O–H groups in total. The van der Waals surface area contributed by atoms with E-state index < -0.39 is 0 Å². The monoisotopic (exact) mass is 224 g/mol. The Bertz CT molecular complexity index is 282. The lowest BCUT2D eigenvalue weighted by Gasteiger charge is -2.38. The molecular formula is C14H24O2. The van der Waals surface area contributed by atoms with Gasteiger partial charge in [0.1, 0.15) is 0 Å². The summed E-state index contributed by atoms with van der Waals surface area (Å²) in [5, 5.41) is 0. The number of carbonyl (C=O) groups is 1. The third kappa shape index (κ3) is 1.99. The largest absolute Gasteiger partial charge is 0.469 e. The summed E-state index contributed by atoms with van der Waals surface area (Å²) in [6.45, 7) is 6.96. The van der Waals surface area contributed by atoms with Gasteiger partial charge in [0.2, 0.25) is 0 Å². The molecule has 0 saturated heterocycles. The minimum Gasteiger partial charge on any atom is -0.469 e. The van der Waals surface area contributed by atoms with Crippen molar-refractivity contribution in [1.29, 1.82) is 0 Å². The standard InChI is InChI=1S/C14H24O2/c1-9-11-5-6-14(2,3)8-10(11)7-12(9)13(15)16-4/h9-12H,5-8H2,1-4H3/t9-,10-,11-,12-/m0/s1. The maximum absolute atomic E-state index is 11.7. The number of carbonyl (C=O) groups excluding carboxylic acids is 1. The van der Waals surface area contributed by atoms with Gasteiger partial charge < -0.3 is 4.74 Å². The van der Waals surface area contributed by atoms with Crippen LogP contribution in [-0.2, 0) is 9.53 Å². The van der Waals surface area contributed by atoms with Gasteiger partial charge in [-0.1, -0.05) is 20.8 Å². The zero-order chi connectivity index (χ0) is 11.9. The molecule has 0 heterocycles. The predicted molar refractivity (Wildman–Crippen MR) is 63.9 cm³/mol. The summed E-state index contributed by atoms with van der Waals surface area (Å²) < 4.78 is 4.92. The molecule has 2 fully saturated rings. The molecule has 2 heteroatoms. The van der Waals surface area contributed by atoms with Gasteiger partial charge in [0.05, 0.1) is 13.0 Å². The Labute approximate surface area is 98.7 Å². The summed E-state index contributed by atoms with van der Waals surface area (Å²) in [5.41, 5.74) is 0.478. The van der Waals surface area contributed by atoms with Crippen molar-refractivity contribution in [2.45, 2.75) is 46.5 Å². The summed E-state index contributed by atoms with van der Waals surface area (Å²) in [6, 6.07) is 0. The minimum absolute atomic E-state index is 0.0136. The van der Waals surface area contributed by atoms with Gasteiger partial charge in [-0.3, -0.25) is 4.79 Å². The van der Waals surface area contributed by atoms with Crippen LogP contribution in [0.3, 0.4) is 0 Å². The van der Waals surface area contributed by atoms with Gasteiger partial charge in [-0.05, 0) is 48.9 Å². The number of ether oxygens (including phenoxy) is 1. The van der Waals surface area contributed by atoms with Crippen LogP contribution >= 0.6 is 0 Å². The van der Waals surface area contributed by atoms with Gasteiger partial charge in [-0.2, -0.15) is 0 Å². The van der Waals surface area contributed by atoms with Crippen LogP contribution in [0.25, 0.3) is 0 Å². The first-order valence-electron chi connectivity index (χ1n) is 6.52. The van der Waals surface area contributed by atoms with Crippen molar-refractivity contribution in [2.24, 2.45) is 29.1 Å². The molecule has 0 aliphatic heterocycles. The zero-order valence-corrected chi connectivity index (χ0v) is 11.0. The summed E-state index contributed by atoms with van der Waals surface area (Å²) in [4.78, 5) is 11.7. The molecule has 0 amide bonds. The van der Waals surface area contributed by atoms with Crippen molar-refractivity contribution in [3.8, 4) is 0 Å². The molecule has 0 bridgehead atoms. The van der Waals surface area contributed by atoms with E-state index in [2.05, 4.69) is 20.8 Å². The molecule has 2 rings (SSSR count). The molecule has 16 heavy (non-hydrogen) atoms. The maximum Gasteiger partial charge on any atom is 0.308 e. The lowest BCUT2D eigenvalue weighted by atomic mass is 9.67. The Morgan fingerprint density at radius 2 is 2.06 bits per heavy atom. The van der Waals surface area contributed by atoms with Crippen molar-refractivity contribution >= 4 is 5.97 Å². The van der Waals surface area contributed by atoms with Crippen molar-refractivity contribution in [2.75, 3.05) is 7.11 Å². The quantitative estimate of drug-likeness (QED) is 0.639. The molecule has 2 aliphatic rings. The molecule has 4 atom stereocenters. The van der Waals surface area contributed by atoms with Gasteiger partial charge >= 0.3 is 5.97 Å². The van der Waals surface area contributed by atoms with E-state index in [1.54, 1.807) is 0 Å². The summed E-state index contributed by atoms with van der Waals surface area (Å²) >= 11 is 0. The minimum atomic E-state index is 0.0136. The second-order valence-corrected chi connectivity index (χ2v) is 6.56. The molecule has 2 saturated carbocycles. The summed E-state index contributed by atoms with van der Waals surface area (Å²) in [5.74, 6) is 2.21. The lowest BCUT2D eigenvalue weighted by molar-refractivity contribution is -0.146. The molecule has 0 radical (unpaired) electrons. The number of fused-ring (bicyclic) bond motifs is 1. The van der Waals surface area contributed by atoms with Crippen LogP contribution in [0, 0.1) is 29.1 Å². The Kier molecular flexibility index (Phi) is 3.02. The first kappa shape index (κ1) is 11.9. The van der Waals surface area contributed by atoms with Crippen molar-refractivity contribution in [3.05, 3.63) is 0 Å². The van der Waals surface area contributed by atoms with Crippen LogP contribution in [-0.4, -0.2) is 13.1 Å². The second kappa shape index (κ2) is 4.05. The van der Waals surface area contributed by atoms with Crippen LogP contribution in [0.2, 0.25) is 0 Å². The van der Waals surface area contributed by atoms with E-state index in [1.807, 2.05) is 0 Å². The van der Waals surface area contributed by atoms with Crippen molar-refractivity contribution in [3.63, 3.8) is 0 Å². The fourth-order valence-corrected chi connectivity index (χ4v) is 4.01. The molecule has 0 aromatic carbocycles. The van der Waals surface area contributed by atoms with E-state index in [-0.39, 0.29) is 11.9 Å². The highest BCUT2D eigenvalue weighted by Crippen LogP contribution is 2.53. The zero-order valence-electron chi connectivity index (χ0n) is 11.0. The van der Waals surface area contributed by atoms with Gasteiger partial charge in [0.25, 0.3) is 0 Å². The molecule has 0 spiro atoms. The third-order valence-corrected chi connectivity index (χ3v) is 4.95. The normalized spacial score (nSPS) is 41.5. The molecular weight excluding hydrogens is 200 g/mol.